The zero-order valence-electron chi connectivity index (χ0n) is 13.3. The SMILES string of the molecule is CC1=[N+](C)N(c2ccccc2)C(=O)[C@@H]1N=Cc1c(Cl)cccc1Cl. The number of nitrogens with zero attached hydrogens (tertiary/aromatic N) is 3. The van der Waals surface area contributed by atoms with Gasteiger partial charge in [0.25, 0.3) is 0 Å². The lowest BCUT2D eigenvalue weighted by molar-refractivity contribution is -0.495. The highest BCUT2D eigenvalue weighted by atomic mass is 35.5. The molecule has 0 spiro atoms. The Balaban J connectivity index is 1.93. The van der Waals surface area contributed by atoms with Crippen LogP contribution in [0.4, 0.5) is 5.69 Å². The Hall–Kier alpha value is -2.17. The fourth-order valence-corrected chi connectivity index (χ4v) is 3.10. The number of amides is 1. The maximum absolute atomic E-state index is 12.8. The molecule has 1 atom stereocenters. The molecule has 0 aliphatic carbocycles. The number of hydrazine groups is 1. The summed E-state index contributed by atoms with van der Waals surface area (Å²) < 4.78 is 1.81. The molecular weight excluding hydrogens is 345 g/mol. The Morgan fingerprint density at radius 3 is 2.33 bits per heavy atom. The largest absolute Gasteiger partial charge is 0.318 e. The fraction of sp³-hybridized carbons (Fsp3) is 0.167. The van der Waals surface area contributed by atoms with E-state index < -0.39 is 6.04 Å². The van der Waals surface area contributed by atoms with Crippen LogP contribution in [0.2, 0.25) is 10.0 Å². The van der Waals surface area contributed by atoms with Crippen LogP contribution in [0.3, 0.4) is 0 Å². The van der Waals surface area contributed by atoms with Crippen molar-refractivity contribution in [2.24, 2.45) is 4.99 Å². The third kappa shape index (κ3) is 2.95. The third-order valence-corrected chi connectivity index (χ3v) is 4.66. The van der Waals surface area contributed by atoms with Gasteiger partial charge in [0.15, 0.2) is 7.05 Å². The maximum Gasteiger partial charge on any atom is 0.318 e. The fourth-order valence-electron chi connectivity index (χ4n) is 2.60. The van der Waals surface area contributed by atoms with Gasteiger partial charge in [0, 0.05) is 18.7 Å². The van der Waals surface area contributed by atoms with Gasteiger partial charge in [-0.15, -0.1) is 4.68 Å². The number of aliphatic imine (C=N–C) groups is 1. The predicted octanol–water partition coefficient (Wildman–Crippen LogP) is 3.85. The van der Waals surface area contributed by atoms with E-state index in [2.05, 4.69) is 4.99 Å². The van der Waals surface area contributed by atoms with Gasteiger partial charge in [0.05, 0.1) is 10.0 Å². The van der Waals surface area contributed by atoms with Crippen molar-refractivity contribution in [1.29, 1.82) is 0 Å². The normalized spacial score (nSPS) is 18.1. The van der Waals surface area contributed by atoms with Crippen LogP contribution in [0.5, 0.6) is 0 Å². The molecule has 122 valence electrons. The van der Waals surface area contributed by atoms with Gasteiger partial charge < -0.3 is 0 Å². The Bertz CT molecular complexity index is 826. The quantitative estimate of drug-likeness (QED) is 0.604. The summed E-state index contributed by atoms with van der Waals surface area (Å²) in [6.07, 6.45) is 1.57. The maximum atomic E-state index is 12.8. The van der Waals surface area contributed by atoms with Crippen molar-refractivity contribution in [3.8, 4) is 0 Å². The van der Waals surface area contributed by atoms with Crippen molar-refractivity contribution in [3.05, 3.63) is 64.1 Å². The van der Waals surface area contributed by atoms with Crippen LogP contribution in [-0.4, -0.2) is 35.6 Å². The molecule has 0 radical (unpaired) electrons. The lowest BCUT2D eigenvalue weighted by Gasteiger charge is -2.11. The number of hydrazone groups is 1. The first kappa shape index (κ1) is 16.7. The molecule has 4 nitrogen and oxygen atoms in total. The van der Waals surface area contributed by atoms with E-state index in [0.717, 1.165) is 11.4 Å². The molecule has 1 heterocycles. The molecule has 3 rings (SSSR count). The minimum Gasteiger partial charge on any atom is -0.268 e. The Morgan fingerprint density at radius 2 is 1.71 bits per heavy atom. The smallest absolute Gasteiger partial charge is 0.268 e. The molecule has 0 bridgehead atoms. The van der Waals surface area contributed by atoms with Gasteiger partial charge in [-0.3, -0.25) is 9.79 Å². The van der Waals surface area contributed by atoms with Crippen LogP contribution in [-0.2, 0) is 4.79 Å². The molecule has 0 fully saturated rings. The van der Waals surface area contributed by atoms with Crippen LogP contribution in [0.1, 0.15) is 12.5 Å². The topological polar surface area (TPSA) is 35.7 Å². The van der Waals surface area contributed by atoms with E-state index in [9.17, 15) is 4.79 Å². The van der Waals surface area contributed by atoms with E-state index in [1.54, 1.807) is 29.4 Å². The Labute approximate surface area is 150 Å². The number of hydrogen-bond donors (Lipinski definition) is 0. The Morgan fingerprint density at radius 1 is 1.08 bits per heavy atom. The van der Waals surface area contributed by atoms with Crippen LogP contribution < -0.4 is 5.01 Å². The summed E-state index contributed by atoms with van der Waals surface area (Å²) >= 11 is 12.3. The first-order valence-corrected chi connectivity index (χ1v) is 8.19. The van der Waals surface area contributed by atoms with Crippen molar-refractivity contribution in [3.63, 3.8) is 0 Å². The summed E-state index contributed by atoms with van der Waals surface area (Å²) in [6.45, 7) is 1.89. The van der Waals surface area contributed by atoms with Crippen molar-refractivity contribution in [2.75, 3.05) is 12.1 Å². The molecule has 1 aliphatic rings. The van der Waals surface area contributed by atoms with E-state index in [4.69, 9.17) is 23.2 Å². The lowest BCUT2D eigenvalue weighted by Crippen LogP contribution is -2.35. The van der Waals surface area contributed by atoms with E-state index in [1.807, 2.05) is 49.0 Å². The zero-order chi connectivity index (χ0) is 17.3. The number of hydrogen-bond acceptors (Lipinski definition) is 2. The molecule has 24 heavy (non-hydrogen) atoms. The summed E-state index contributed by atoms with van der Waals surface area (Å²) in [5, 5.41) is 2.62. The van der Waals surface area contributed by atoms with Gasteiger partial charge >= 0.3 is 5.91 Å². The lowest BCUT2D eigenvalue weighted by atomic mass is 10.2. The van der Waals surface area contributed by atoms with E-state index >= 15 is 0 Å². The zero-order valence-corrected chi connectivity index (χ0v) is 14.8. The van der Waals surface area contributed by atoms with Gasteiger partial charge in [0.2, 0.25) is 11.8 Å². The molecule has 2 aromatic carbocycles. The number of anilines is 1. The number of carbonyl (C=O) groups excluding carboxylic acids is 1. The van der Waals surface area contributed by atoms with Crippen LogP contribution in [0, 0.1) is 0 Å². The van der Waals surface area contributed by atoms with Gasteiger partial charge in [0.1, 0.15) is 5.69 Å². The third-order valence-electron chi connectivity index (χ3n) is 4.00. The van der Waals surface area contributed by atoms with Crippen LogP contribution in [0.25, 0.3) is 0 Å². The van der Waals surface area contributed by atoms with Crippen molar-refractivity contribution < 1.29 is 9.48 Å². The van der Waals surface area contributed by atoms with E-state index in [1.165, 1.54) is 0 Å². The monoisotopic (exact) mass is 360 g/mol. The summed E-state index contributed by atoms with van der Waals surface area (Å²) in [4.78, 5) is 17.2. The second kappa shape index (κ2) is 6.75. The molecule has 0 N–H and O–H groups in total. The summed E-state index contributed by atoms with van der Waals surface area (Å²) in [5.74, 6) is -0.111. The number of benzene rings is 2. The average molecular weight is 361 g/mol. The van der Waals surface area contributed by atoms with Crippen molar-refractivity contribution >= 4 is 46.7 Å². The predicted molar refractivity (Wildman–Crippen MR) is 98.6 cm³/mol. The second-order valence-corrected chi connectivity index (χ2v) is 6.28. The first-order chi connectivity index (χ1) is 11.5. The van der Waals surface area contributed by atoms with Crippen molar-refractivity contribution in [2.45, 2.75) is 13.0 Å². The molecule has 0 unspecified atom stereocenters. The summed E-state index contributed by atoms with van der Waals surface area (Å²) in [6, 6.07) is 14.1. The van der Waals surface area contributed by atoms with Gasteiger partial charge in [-0.1, -0.05) is 52.5 Å². The van der Waals surface area contributed by atoms with Gasteiger partial charge in [-0.05, 0) is 24.3 Å². The first-order valence-electron chi connectivity index (χ1n) is 7.44. The van der Waals surface area contributed by atoms with E-state index in [0.29, 0.717) is 15.6 Å². The molecule has 2 aromatic rings. The molecular formula is C18H16Cl2N3O+. The molecule has 6 heteroatoms. The molecule has 0 aromatic heterocycles. The number of halogens is 2. The van der Waals surface area contributed by atoms with Crippen LogP contribution in [0.15, 0.2) is 53.5 Å². The number of carbonyl (C=O) groups is 1. The molecule has 0 saturated carbocycles. The molecule has 0 saturated heterocycles. The van der Waals surface area contributed by atoms with E-state index in [-0.39, 0.29) is 5.91 Å². The molecule has 1 aliphatic heterocycles. The van der Waals surface area contributed by atoms with Crippen molar-refractivity contribution in [1.82, 2.24) is 0 Å². The second-order valence-electron chi connectivity index (χ2n) is 5.47. The minimum absolute atomic E-state index is 0.111. The highest BCUT2D eigenvalue weighted by molar-refractivity contribution is 6.38. The van der Waals surface area contributed by atoms with Gasteiger partial charge in [-0.25, -0.2) is 0 Å². The summed E-state index contributed by atoms with van der Waals surface area (Å²) in [7, 11) is 1.85. The average Bonchev–Trinajstić information content (AvgIpc) is 2.78. The van der Waals surface area contributed by atoms with Crippen LogP contribution >= 0.6 is 23.2 Å². The highest BCUT2D eigenvalue weighted by Gasteiger charge is 2.44. The standard InChI is InChI=1S/C18H16Cl2N3O/c1-12-17(21-11-14-15(19)9-6-10-16(14)20)18(24)23(22(12)2)13-7-4-3-5-8-13/h3-11,17H,1-2H3/q+1/t17-/m1/s1. The number of para-hydroxylation sites is 1. The Kier molecular flexibility index (Phi) is 4.69. The summed E-state index contributed by atoms with van der Waals surface area (Å²) in [5.41, 5.74) is 2.25. The molecule has 1 amide bonds. The van der Waals surface area contributed by atoms with Gasteiger partial charge in [-0.2, -0.15) is 0 Å². The highest BCUT2D eigenvalue weighted by Crippen LogP contribution is 2.24. The minimum atomic E-state index is -0.595. The number of rotatable bonds is 3.